The minimum Gasteiger partial charge on any atom is -0.394 e. The minimum absolute atomic E-state index is 0.0801. The lowest BCUT2D eigenvalue weighted by molar-refractivity contribution is 0.103. The van der Waals surface area contributed by atoms with Crippen LogP contribution >= 0.6 is 0 Å². The lowest BCUT2D eigenvalue weighted by Crippen LogP contribution is -2.50. The van der Waals surface area contributed by atoms with E-state index in [1.807, 2.05) is 11.6 Å². The maximum Gasteiger partial charge on any atom is 0.0613 e. The van der Waals surface area contributed by atoms with Gasteiger partial charge in [-0.1, -0.05) is 6.92 Å². The molecule has 4 nitrogen and oxygen atoms in total. The van der Waals surface area contributed by atoms with Crippen LogP contribution in [0.15, 0.2) is 6.07 Å². The molecule has 108 valence electrons. The highest BCUT2D eigenvalue weighted by atomic mass is 16.3. The van der Waals surface area contributed by atoms with E-state index in [2.05, 4.69) is 30.3 Å². The first-order chi connectivity index (χ1) is 9.08. The Labute approximate surface area is 116 Å². The molecule has 19 heavy (non-hydrogen) atoms. The van der Waals surface area contributed by atoms with E-state index in [1.54, 1.807) is 0 Å². The number of nitrogens with one attached hydrogen (secondary N) is 1. The quantitative estimate of drug-likeness (QED) is 0.858. The first-order valence-corrected chi connectivity index (χ1v) is 7.48. The zero-order valence-corrected chi connectivity index (χ0v) is 12.4. The van der Waals surface area contributed by atoms with Gasteiger partial charge in [0.25, 0.3) is 0 Å². The van der Waals surface area contributed by atoms with Crippen LogP contribution in [-0.2, 0) is 13.1 Å². The number of aliphatic hydroxyl groups excluding tert-OH is 1. The Balaban J connectivity index is 1.99. The molecule has 1 aromatic heterocycles. The molecule has 1 heterocycles. The molecule has 1 aliphatic carbocycles. The Kier molecular flexibility index (Phi) is 4.63. The number of aryl methyl sites for hydroxylation is 2. The fourth-order valence-corrected chi connectivity index (χ4v) is 3.00. The first-order valence-electron chi connectivity index (χ1n) is 7.48. The molecule has 1 fully saturated rings. The van der Waals surface area contributed by atoms with Gasteiger partial charge in [0.05, 0.1) is 18.0 Å². The summed E-state index contributed by atoms with van der Waals surface area (Å²) in [7, 11) is 0. The summed E-state index contributed by atoms with van der Waals surface area (Å²) in [6.45, 7) is 8.37. The second-order valence-corrected chi connectivity index (χ2v) is 6.07. The van der Waals surface area contributed by atoms with E-state index in [4.69, 9.17) is 0 Å². The third-order valence-electron chi connectivity index (χ3n) is 4.46. The van der Waals surface area contributed by atoms with Crippen molar-refractivity contribution in [2.45, 2.75) is 65.1 Å². The lowest BCUT2D eigenvalue weighted by Gasteiger charge is -2.39. The Hall–Kier alpha value is -0.870. The maximum atomic E-state index is 9.75. The van der Waals surface area contributed by atoms with E-state index in [-0.39, 0.29) is 12.1 Å². The molecule has 0 bridgehead atoms. The zero-order chi connectivity index (χ0) is 13.9. The SMILES string of the molecule is CCn1nc(C)cc1CNC1(CO)CCC(C)CC1. The molecule has 1 aromatic rings. The van der Waals surface area contributed by atoms with Crippen molar-refractivity contribution in [1.82, 2.24) is 15.1 Å². The third kappa shape index (κ3) is 3.37. The predicted octanol–water partition coefficient (Wildman–Crippen LogP) is 2.24. The molecule has 2 N–H and O–H groups in total. The van der Waals surface area contributed by atoms with Crippen LogP contribution in [0.25, 0.3) is 0 Å². The molecule has 1 aliphatic rings. The summed E-state index contributed by atoms with van der Waals surface area (Å²) in [4.78, 5) is 0. The molecule has 0 amide bonds. The minimum atomic E-state index is -0.0801. The summed E-state index contributed by atoms with van der Waals surface area (Å²) >= 11 is 0. The molecule has 1 saturated carbocycles. The number of aromatic nitrogens is 2. The number of rotatable bonds is 5. The second-order valence-electron chi connectivity index (χ2n) is 6.07. The van der Waals surface area contributed by atoms with Crippen LogP contribution in [0.5, 0.6) is 0 Å². The Morgan fingerprint density at radius 3 is 2.74 bits per heavy atom. The predicted molar refractivity (Wildman–Crippen MR) is 76.9 cm³/mol. The molecular weight excluding hydrogens is 238 g/mol. The van der Waals surface area contributed by atoms with Crippen molar-refractivity contribution in [2.75, 3.05) is 6.61 Å². The van der Waals surface area contributed by atoms with Crippen molar-refractivity contribution in [2.24, 2.45) is 5.92 Å². The Morgan fingerprint density at radius 2 is 2.16 bits per heavy atom. The topological polar surface area (TPSA) is 50.1 Å². The summed E-state index contributed by atoms with van der Waals surface area (Å²) in [5, 5.41) is 17.8. The van der Waals surface area contributed by atoms with Gasteiger partial charge in [0.1, 0.15) is 0 Å². The van der Waals surface area contributed by atoms with Gasteiger partial charge >= 0.3 is 0 Å². The fourth-order valence-electron chi connectivity index (χ4n) is 3.00. The third-order valence-corrected chi connectivity index (χ3v) is 4.46. The standard InChI is InChI=1S/C15H27N3O/c1-4-18-14(9-13(3)17-18)10-16-15(11-19)7-5-12(2)6-8-15/h9,12,16,19H,4-8,10-11H2,1-3H3. The monoisotopic (exact) mass is 265 g/mol. The zero-order valence-electron chi connectivity index (χ0n) is 12.4. The van der Waals surface area contributed by atoms with E-state index >= 15 is 0 Å². The van der Waals surface area contributed by atoms with Gasteiger partial charge in [0, 0.05) is 18.6 Å². The van der Waals surface area contributed by atoms with Gasteiger partial charge in [0.15, 0.2) is 0 Å². The van der Waals surface area contributed by atoms with Crippen LogP contribution in [0.2, 0.25) is 0 Å². The van der Waals surface area contributed by atoms with E-state index in [1.165, 1.54) is 18.5 Å². The molecule has 0 unspecified atom stereocenters. The Bertz CT molecular complexity index is 406. The highest BCUT2D eigenvalue weighted by Gasteiger charge is 2.33. The van der Waals surface area contributed by atoms with Crippen LogP contribution in [0.3, 0.4) is 0 Å². The van der Waals surface area contributed by atoms with Crippen LogP contribution < -0.4 is 5.32 Å². The van der Waals surface area contributed by atoms with Crippen LogP contribution in [-0.4, -0.2) is 27.0 Å². The largest absolute Gasteiger partial charge is 0.394 e. The fraction of sp³-hybridized carbons (Fsp3) is 0.800. The van der Waals surface area contributed by atoms with E-state index in [0.717, 1.165) is 37.5 Å². The lowest BCUT2D eigenvalue weighted by atomic mass is 9.77. The van der Waals surface area contributed by atoms with Gasteiger partial charge in [0.2, 0.25) is 0 Å². The molecule has 0 atom stereocenters. The molecule has 4 heteroatoms. The summed E-state index contributed by atoms with van der Waals surface area (Å²) in [5.74, 6) is 0.796. The maximum absolute atomic E-state index is 9.75. The highest BCUT2D eigenvalue weighted by molar-refractivity contribution is 5.09. The number of hydrogen-bond acceptors (Lipinski definition) is 3. The molecule has 2 rings (SSSR count). The van der Waals surface area contributed by atoms with Gasteiger partial charge in [-0.15, -0.1) is 0 Å². The van der Waals surface area contributed by atoms with Gasteiger partial charge in [-0.05, 0) is 51.5 Å². The number of hydrogen-bond donors (Lipinski definition) is 2. The van der Waals surface area contributed by atoms with E-state index in [0.29, 0.717) is 0 Å². The number of aliphatic hydroxyl groups is 1. The van der Waals surface area contributed by atoms with Crippen LogP contribution in [0.1, 0.15) is 50.9 Å². The molecule has 0 radical (unpaired) electrons. The number of nitrogens with zero attached hydrogens (tertiary/aromatic N) is 2. The van der Waals surface area contributed by atoms with Crippen molar-refractivity contribution >= 4 is 0 Å². The Morgan fingerprint density at radius 1 is 1.47 bits per heavy atom. The molecule has 0 saturated heterocycles. The molecule has 0 aromatic carbocycles. The van der Waals surface area contributed by atoms with E-state index in [9.17, 15) is 5.11 Å². The molecule has 0 spiro atoms. The summed E-state index contributed by atoms with van der Waals surface area (Å²) in [6.07, 6.45) is 4.56. The summed E-state index contributed by atoms with van der Waals surface area (Å²) < 4.78 is 2.04. The van der Waals surface area contributed by atoms with Crippen LogP contribution in [0.4, 0.5) is 0 Å². The van der Waals surface area contributed by atoms with Gasteiger partial charge in [-0.25, -0.2) is 0 Å². The molecular formula is C15H27N3O. The van der Waals surface area contributed by atoms with E-state index < -0.39 is 0 Å². The second kappa shape index (κ2) is 6.06. The highest BCUT2D eigenvalue weighted by Crippen LogP contribution is 2.31. The normalized spacial score (nSPS) is 27.7. The van der Waals surface area contributed by atoms with Crippen molar-refractivity contribution in [3.05, 3.63) is 17.5 Å². The van der Waals surface area contributed by atoms with Crippen LogP contribution in [0, 0.1) is 12.8 Å². The summed E-state index contributed by atoms with van der Waals surface area (Å²) in [5.41, 5.74) is 2.20. The van der Waals surface area contributed by atoms with Crippen molar-refractivity contribution in [3.8, 4) is 0 Å². The van der Waals surface area contributed by atoms with Gasteiger partial charge in [-0.3, -0.25) is 4.68 Å². The van der Waals surface area contributed by atoms with Crippen molar-refractivity contribution in [3.63, 3.8) is 0 Å². The first kappa shape index (κ1) is 14.5. The van der Waals surface area contributed by atoms with Crippen molar-refractivity contribution in [1.29, 1.82) is 0 Å². The summed E-state index contributed by atoms with van der Waals surface area (Å²) in [6, 6.07) is 2.13. The van der Waals surface area contributed by atoms with Gasteiger partial charge < -0.3 is 10.4 Å². The average Bonchev–Trinajstić information content (AvgIpc) is 2.79. The van der Waals surface area contributed by atoms with Gasteiger partial charge in [-0.2, -0.15) is 5.10 Å². The average molecular weight is 265 g/mol. The van der Waals surface area contributed by atoms with Crippen molar-refractivity contribution < 1.29 is 5.11 Å². The smallest absolute Gasteiger partial charge is 0.0613 e. The molecule has 0 aliphatic heterocycles.